The fraction of sp³-hybridized carbons (Fsp3) is 0.0909. The highest BCUT2D eigenvalue weighted by molar-refractivity contribution is 7.92. The van der Waals surface area contributed by atoms with Crippen molar-refractivity contribution < 1.29 is 35.9 Å². The number of halogens is 3. The van der Waals surface area contributed by atoms with Crippen LogP contribution in [0.1, 0.15) is 26.9 Å². The minimum Gasteiger partial charge on any atom is -0.464 e. The fourth-order valence-electron chi connectivity index (χ4n) is 3.39. The number of aromatic nitrogens is 1. The van der Waals surface area contributed by atoms with Gasteiger partial charge in [-0.3, -0.25) is 9.78 Å². The van der Waals surface area contributed by atoms with E-state index in [9.17, 15) is 26.4 Å². The first-order valence-electron chi connectivity index (χ1n) is 9.43. The number of hydrogen-bond donors (Lipinski definition) is 2. The highest BCUT2D eigenvalue weighted by Gasteiger charge is 2.37. The third-order valence-electron chi connectivity index (χ3n) is 4.97. The molecular formula is C22H15F3N2O5S. The number of rotatable bonds is 6. The van der Waals surface area contributed by atoms with Crippen LogP contribution in [0.5, 0.6) is 0 Å². The molecule has 0 aliphatic rings. The van der Waals surface area contributed by atoms with Crippen LogP contribution in [0.4, 0.5) is 13.2 Å². The van der Waals surface area contributed by atoms with Gasteiger partial charge in [-0.15, -0.1) is 0 Å². The number of hydrogen-bond acceptors (Lipinski definition) is 6. The minimum atomic E-state index is -4.57. The molecule has 2 aromatic carbocycles. The minimum absolute atomic E-state index is 0.180. The van der Waals surface area contributed by atoms with Crippen LogP contribution < -0.4 is 5.32 Å². The number of fused-ring (bicyclic) bond motifs is 1. The highest BCUT2D eigenvalue weighted by atomic mass is 32.2. The molecule has 0 saturated heterocycles. The van der Waals surface area contributed by atoms with Gasteiger partial charge in [-0.2, -0.15) is 0 Å². The summed E-state index contributed by atoms with van der Waals surface area (Å²) >= 11 is 0. The third kappa shape index (κ3) is 4.08. The number of sulfone groups is 1. The van der Waals surface area contributed by atoms with Gasteiger partial charge in [0, 0.05) is 23.2 Å². The lowest BCUT2D eigenvalue weighted by atomic mass is 10.0. The summed E-state index contributed by atoms with van der Waals surface area (Å²) in [7, 11) is -4.57. The maximum atomic E-state index is 14.7. The number of aliphatic hydroxyl groups excluding tert-OH is 1. The molecule has 0 saturated carbocycles. The predicted molar refractivity (Wildman–Crippen MR) is 110 cm³/mol. The summed E-state index contributed by atoms with van der Waals surface area (Å²) in [4.78, 5) is 15.3. The number of aliphatic hydroxyl groups is 1. The van der Waals surface area contributed by atoms with Gasteiger partial charge in [0.25, 0.3) is 5.91 Å². The molecule has 2 N–H and O–H groups in total. The van der Waals surface area contributed by atoms with E-state index in [1.54, 1.807) is 6.07 Å². The van der Waals surface area contributed by atoms with Crippen molar-refractivity contribution >= 4 is 26.7 Å². The SMILES string of the molecule is O=C(NCO)c1ccc(C(c2c(F)ccc(F)c2F)S(=O)(=O)c2ccc3ccoc3c2)cn1. The second kappa shape index (κ2) is 8.68. The van der Waals surface area contributed by atoms with Crippen molar-refractivity contribution in [2.24, 2.45) is 0 Å². The monoisotopic (exact) mass is 476 g/mol. The number of carbonyl (C=O) groups is 1. The van der Waals surface area contributed by atoms with Crippen LogP contribution in [0.25, 0.3) is 11.0 Å². The first kappa shape index (κ1) is 22.5. The lowest BCUT2D eigenvalue weighted by Crippen LogP contribution is -2.25. The Labute approximate surface area is 185 Å². The first-order chi connectivity index (χ1) is 15.7. The molecule has 1 atom stereocenters. The average molecular weight is 476 g/mol. The quantitative estimate of drug-likeness (QED) is 0.326. The fourth-order valence-corrected chi connectivity index (χ4v) is 5.21. The van der Waals surface area contributed by atoms with E-state index in [-0.39, 0.29) is 21.7 Å². The number of nitrogens with zero attached hydrogens (tertiary/aromatic N) is 1. The molecule has 2 aromatic heterocycles. The normalized spacial score (nSPS) is 12.6. The van der Waals surface area contributed by atoms with Crippen molar-refractivity contribution in [3.8, 4) is 0 Å². The summed E-state index contributed by atoms with van der Waals surface area (Å²) in [6.45, 7) is -0.658. The van der Waals surface area contributed by atoms with Crippen molar-refractivity contribution in [3.63, 3.8) is 0 Å². The number of nitrogens with one attached hydrogen (secondary N) is 1. The van der Waals surface area contributed by atoms with Crippen LogP contribution in [0.15, 0.2) is 70.3 Å². The van der Waals surface area contributed by atoms with Crippen LogP contribution in [0.2, 0.25) is 0 Å². The van der Waals surface area contributed by atoms with E-state index in [2.05, 4.69) is 10.3 Å². The Morgan fingerprint density at radius 1 is 1.06 bits per heavy atom. The summed E-state index contributed by atoms with van der Waals surface area (Å²) < 4.78 is 75.9. The van der Waals surface area contributed by atoms with E-state index in [0.717, 1.165) is 18.3 Å². The van der Waals surface area contributed by atoms with Gasteiger partial charge in [-0.1, -0.05) is 6.07 Å². The van der Waals surface area contributed by atoms with Crippen LogP contribution >= 0.6 is 0 Å². The maximum absolute atomic E-state index is 14.7. The zero-order valence-corrected chi connectivity index (χ0v) is 17.4. The van der Waals surface area contributed by atoms with Crippen molar-refractivity contribution in [2.75, 3.05) is 6.73 Å². The summed E-state index contributed by atoms with van der Waals surface area (Å²) in [6.07, 6.45) is 2.30. The number of carbonyl (C=O) groups excluding carboxylic acids is 1. The van der Waals surface area contributed by atoms with Crippen molar-refractivity contribution in [2.45, 2.75) is 10.1 Å². The molecule has 170 valence electrons. The molecule has 0 aliphatic carbocycles. The lowest BCUT2D eigenvalue weighted by Gasteiger charge is -2.20. The van der Waals surface area contributed by atoms with Crippen molar-refractivity contribution in [1.29, 1.82) is 0 Å². The standard InChI is InChI=1S/C22H15F3N2O5S/c23-15-4-5-16(24)20(25)19(15)21(13-2-6-17(26-10-13)22(29)27-11-28)33(30,31)14-3-1-12-7-8-32-18(12)9-14/h1-10,21,28H,11H2,(H,27,29). The molecule has 1 amide bonds. The number of pyridine rings is 1. The van der Waals surface area contributed by atoms with E-state index in [4.69, 9.17) is 9.52 Å². The molecule has 2 heterocycles. The Morgan fingerprint density at radius 3 is 2.52 bits per heavy atom. The maximum Gasteiger partial charge on any atom is 0.271 e. The smallest absolute Gasteiger partial charge is 0.271 e. The molecule has 7 nitrogen and oxygen atoms in total. The van der Waals surface area contributed by atoms with E-state index in [0.29, 0.717) is 17.5 Å². The predicted octanol–water partition coefficient (Wildman–Crippen LogP) is 3.49. The molecule has 0 spiro atoms. The molecule has 33 heavy (non-hydrogen) atoms. The highest BCUT2D eigenvalue weighted by Crippen LogP contribution is 2.39. The largest absolute Gasteiger partial charge is 0.464 e. The van der Waals surface area contributed by atoms with E-state index >= 15 is 0 Å². The van der Waals surface area contributed by atoms with Gasteiger partial charge < -0.3 is 14.8 Å². The van der Waals surface area contributed by atoms with Crippen LogP contribution in [0, 0.1) is 17.5 Å². The zero-order chi connectivity index (χ0) is 23.8. The average Bonchev–Trinajstić information content (AvgIpc) is 3.27. The first-order valence-corrected chi connectivity index (χ1v) is 11.0. The van der Waals surface area contributed by atoms with Gasteiger partial charge in [0.15, 0.2) is 21.5 Å². The summed E-state index contributed by atoms with van der Waals surface area (Å²) in [5.74, 6) is -5.12. The Balaban J connectivity index is 1.92. The molecule has 0 aliphatic heterocycles. The van der Waals surface area contributed by atoms with Crippen LogP contribution in [-0.4, -0.2) is 31.1 Å². The Morgan fingerprint density at radius 2 is 1.82 bits per heavy atom. The van der Waals surface area contributed by atoms with Gasteiger partial charge in [-0.05, 0) is 42.0 Å². The Bertz CT molecular complexity index is 1450. The molecule has 0 bridgehead atoms. The topological polar surface area (TPSA) is 110 Å². The number of furan rings is 1. The second-order valence-electron chi connectivity index (χ2n) is 6.94. The van der Waals surface area contributed by atoms with Crippen molar-refractivity contribution in [3.05, 3.63) is 95.3 Å². The molecule has 0 radical (unpaired) electrons. The van der Waals surface area contributed by atoms with Gasteiger partial charge >= 0.3 is 0 Å². The molecule has 11 heteroatoms. The Kier molecular flexibility index (Phi) is 5.91. The molecule has 1 unspecified atom stereocenters. The van der Waals surface area contributed by atoms with E-state index in [1.165, 1.54) is 24.5 Å². The molecule has 0 fully saturated rings. The van der Waals surface area contributed by atoms with Gasteiger partial charge in [0.1, 0.15) is 29.1 Å². The molecular weight excluding hydrogens is 461 g/mol. The van der Waals surface area contributed by atoms with Gasteiger partial charge in [0.05, 0.1) is 11.2 Å². The summed E-state index contributed by atoms with van der Waals surface area (Å²) in [5, 5.41) is 9.48. The third-order valence-corrected chi connectivity index (χ3v) is 7.01. The van der Waals surface area contributed by atoms with E-state index < -0.39 is 50.7 Å². The summed E-state index contributed by atoms with van der Waals surface area (Å²) in [5.41, 5.74) is -1.19. The zero-order valence-electron chi connectivity index (χ0n) is 16.6. The number of benzene rings is 2. The van der Waals surface area contributed by atoms with E-state index in [1.807, 2.05) is 0 Å². The van der Waals surface area contributed by atoms with Gasteiger partial charge in [0.2, 0.25) is 0 Å². The molecule has 4 aromatic rings. The number of amides is 1. The molecule has 4 rings (SSSR count). The van der Waals surface area contributed by atoms with Crippen LogP contribution in [-0.2, 0) is 9.84 Å². The van der Waals surface area contributed by atoms with Crippen molar-refractivity contribution in [1.82, 2.24) is 10.3 Å². The van der Waals surface area contributed by atoms with Gasteiger partial charge in [-0.25, -0.2) is 21.6 Å². The lowest BCUT2D eigenvalue weighted by molar-refractivity contribution is 0.0905. The van der Waals surface area contributed by atoms with Crippen LogP contribution in [0.3, 0.4) is 0 Å². The second-order valence-corrected chi connectivity index (χ2v) is 8.98. The Hall–Kier alpha value is -3.70. The summed E-state index contributed by atoms with van der Waals surface area (Å²) in [6, 6.07) is 8.94.